The fourth-order valence-corrected chi connectivity index (χ4v) is 2.41. The summed E-state index contributed by atoms with van der Waals surface area (Å²) in [6, 6.07) is 18.7. The molecular weight excluding hydrogens is 308 g/mol. The number of nitrogens with one attached hydrogen (secondary N) is 1. The van der Waals surface area contributed by atoms with Crippen LogP contribution in [0.4, 0.5) is 5.69 Å². The van der Waals surface area contributed by atoms with E-state index in [1.807, 2.05) is 42.5 Å². The van der Waals surface area contributed by atoms with Crippen molar-refractivity contribution < 1.29 is 4.79 Å². The predicted octanol–water partition coefficient (Wildman–Crippen LogP) is 2.95. The Kier molecular flexibility index (Phi) is 4.27. The van der Waals surface area contributed by atoms with E-state index in [1.165, 1.54) is 6.20 Å². The summed E-state index contributed by atoms with van der Waals surface area (Å²) < 4.78 is 0. The number of aromatic nitrogens is 1. The number of fused-ring (bicyclic) bond motifs is 1. The number of carbonyl (C=O) groups is 1. The summed E-state index contributed by atoms with van der Waals surface area (Å²) in [7, 11) is 0. The normalized spacial score (nSPS) is 10.3. The van der Waals surface area contributed by atoms with Gasteiger partial charge in [-0.25, -0.2) is 10.9 Å². The number of nitrogens with two attached hydrogens (primary N) is 1. The van der Waals surface area contributed by atoms with Crippen LogP contribution in [0.2, 0.25) is 0 Å². The number of amides is 1. The largest absolute Gasteiger partial charge is 0.331 e. The Bertz CT molecular complexity index is 861. The molecular formula is C17H14N4OS. The molecule has 3 aromatic rings. The van der Waals surface area contributed by atoms with Gasteiger partial charge in [0.1, 0.15) is 5.69 Å². The maximum atomic E-state index is 12.3. The standard InChI is InChI=1S/C17H14N4OS/c18-21(16(22)15-9-3-4-11-19-15)17(23)20-14-10-5-7-12-6-1-2-8-13(12)14/h1-11H,18H2,(H,20,23). The van der Waals surface area contributed by atoms with Crippen molar-refractivity contribution in [3.63, 3.8) is 0 Å². The van der Waals surface area contributed by atoms with E-state index >= 15 is 0 Å². The van der Waals surface area contributed by atoms with Gasteiger partial charge in [-0.3, -0.25) is 9.78 Å². The molecule has 0 aliphatic heterocycles. The van der Waals surface area contributed by atoms with Gasteiger partial charge in [0.05, 0.1) is 0 Å². The molecule has 0 unspecified atom stereocenters. The first-order valence-electron chi connectivity index (χ1n) is 6.96. The lowest BCUT2D eigenvalue weighted by atomic mass is 10.1. The van der Waals surface area contributed by atoms with Crippen LogP contribution in [0.25, 0.3) is 10.8 Å². The third kappa shape index (κ3) is 3.18. The third-order valence-corrected chi connectivity index (χ3v) is 3.65. The number of pyridine rings is 1. The molecule has 5 nitrogen and oxygen atoms in total. The van der Waals surface area contributed by atoms with E-state index < -0.39 is 5.91 Å². The SMILES string of the molecule is NN(C(=O)c1ccccn1)C(=S)Nc1cccc2ccccc12. The van der Waals surface area contributed by atoms with Gasteiger partial charge in [0.2, 0.25) is 0 Å². The average molecular weight is 322 g/mol. The highest BCUT2D eigenvalue weighted by Crippen LogP contribution is 2.23. The van der Waals surface area contributed by atoms with E-state index in [4.69, 9.17) is 18.1 Å². The number of thiocarbonyl (C=S) groups is 1. The van der Waals surface area contributed by atoms with Crippen LogP contribution in [0, 0.1) is 0 Å². The zero-order valence-corrected chi connectivity index (χ0v) is 13.0. The lowest BCUT2D eigenvalue weighted by molar-refractivity contribution is 0.0844. The zero-order chi connectivity index (χ0) is 16.2. The molecule has 0 spiro atoms. The minimum absolute atomic E-state index is 0.108. The number of hydrazine groups is 1. The van der Waals surface area contributed by atoms with Crippen LogP contribution in [-0.2, 0) is 0 Å². The second kappa shape index (κ2) is 6.51. The minimum Gasteiger partial charge on any atom is -0.331 e. The molecule has 3 rings (SSSR count). The summed E-state index contributed by atoms with van der Waals surface area (Å²) in [4.78, 5) is 16.2. The minimum atomic E-state index is -0.469. The Hall–Kier alpha value is -2.83. The molecule has 0 saturated carbocycles. The summed E-state index contributed by atoms with van der Waals surface area (Å²) in [5.74, 6) is 5.36. The molecule has 0 aliphatic carbocycles. The first-order chi connectivity index (χ1) is 11.2. The number of rotatable bonds is 2. The number of carbonyl (C=O) groups excluding carboxylic acids is 1. The molecule has 0 atom stereocenters. The lowest BCUT2D eigenvalue weighted by Gasteiger charge is -2.19. The van der Waals surface area contributed by atoms with Crippen LogP contribution in [0.15, 0.2) is 66.9 Å². The van der Waals surface area contributed by atoms with Crippen LogP contribution in [0.1, 0.15) is 10.5 Å². The first-order valence-corrected chi connectivity index (χ1v) is 7.36. The molecule has 0 radical (unpaired) electrons. The molecule has 1 heterocycles. The third-order valence-electron chi connectivity index (χ3n) is 3.35. The van der Waals surface area contributed by atoms with Gasteiger partial charge in [-0.05, 0) is 35.8 Å². The van der Waals surface area contributed by atoms with Crippen molar-refractivity contribution in [2.24, 2.45) is 5.84 Å². The molecule has 1 amide bonds. The molecule has 0 fully saturated rings. The van der Waals surface area contributed by atoms with E-state index in [0.29, 0.717) is 0 Å². The number of benzene rings is 2. The summed E-state index contributed by atoms with van der Waals surface area (Å²) >= 11 is 5.24. The quantitative estimate of drug-likeness (QED) is 0.328. The van der Waals surface area contributed by atoms with Crippen molar-refractivity contribution in [2.75, 3.05) is 5.32 Å². The molecule has 23 heavy (non-hydrogen) atoms. The molecule has 0 bridgehead atoms. The fourth-order valence-electron chi connectivity index (χ4n) is 2.21. The van der Waals surface area contributed by atoms with E-state index in [0.717, 1.165) is 21.5 Å². The number of nitrogens with zero attached hydrogens (tertiary/aromatic N) is 2. The Balaban J connectivity index is 1.82. The molecule has 1 aromatic heterocycles. The lowest BCUT2D eigenvalue weighted by Crippen LogP contribution is -2.45. The van der Waals surface area contributed by atoms with Crippen LogP contribution in [0.3, 0.4) is 0 Å². The van der Waals surface area contributed by atoms with Gasteiger partial charge in [0, 0.05) is 17.3 Å². The van der Waals surface area contributed by atoms with Crippen LogP contribution in [0.5, 0.6) is 0 Å². The van der Waals surface area contributed by atoms with Crippen molar-refractivity contribution in [1.29, 1.82) is 0 Å². The van der Waals surface area contributed by atoms with Crippen LogP contribution >= 0.6 is 12.2 Å². The first kappa shape index (κ1) is 15.1. The van der Waals surface area contributed by atoms with E-state index in [-0.39, 0.29) is 10.8 Å². The molecule has 0 saturated heterocycles. The van der Waals surface area contributed by atoms with Crippen molar-refractivity contribution in [3.8, 4) is 0 Å². The molecule has 114 valence electrons. The van der Waals surface area contributed by atoms with Gasteiger partial charge in [-0.1, -0.05) is 42.5 Å². The van der Waals surface area contributed by atoms with E-state index in [9.17, 15) is 4.79 Å². The molecule has 2 aromatic carbocycles. The average Bonchev–Trinajstić information content (AvgIpc) is 2.61. The van der Waals surface area contributed by atoms with Crippen molar-refractivity contribution in [3.05, 3.63) is 72.6 Å². The summed E-state index contributed by atoms with van der Waals surface area (Å²) in [6.45, 7) is 0. The van der Waals surface area contributed by atoms with Gasteiger partial charge in [0.25, 0.3) is 5.91 Å². The fraction of sp³-hybridized carbons (Fsp3) is 0. The maximum Gasteiger partial charge on any atom is 0.292 e. The monoisotopic (exact) mass is 322 g/mol. The summed E-state index contributed by atoms with van der Waals surface area (Å²) in [6.07, 6.45) is 1.53. The van der Waals surface area contributed by atoms with Crippen LogP contribution in [-0.4, -0.2) is 21.0 Å². The van der Waals surface area contributed by atoms with Crippen LogP contribution < -0.4 is 11.2 Å². The van der Waals surface area contributed by atoms with Gasteiger partial charge in [-0.2, -0.15) is 0 Å². The second-order valence-corrected chi connectivity index (χ2v) is 5.23. The predicted molar refractivity (Wildman–Crippen MR) is 94.8 cm³/mol. The second-order valence-electron chi connectivity index (χ2n) is 4.85. The summed E-state index contributed by atoms with van der Waals surface area (Å²) in [5.41, 5.74) is 1.02. The van der Waals surface area contributed by atoms with E-state index in [2.05, 4.69) is 10.3 Å². The highest BCUT2D eigenvalue weighted by molar-refractivity contribution is 7.80. The zero-order valence-electron chi connectivity index (χ0n) is 12.1. The van der Waals surface area contributed by atoms with Gasteiger partial charge >= 0.3 is 0 Å². The van der Waals surface area contributed by atoms with Gasteiger partial charge in [-0.15, -0.1) is 0 Å². The van der Waals surface area contributed by atoms with Gasteiger partial charge < -0.3 is 5.32 Å². The van der Waals surface area contributed by atoms with E-state index in [1.54, 1.807) is 18.2 Å². The highest BCUT2D eigenvalue weighted by Gasteiger charge is 2.18. The smallest absolute Gasteiger partial charge is 0.292 e. The maximum absolute atomic E-state index is 12.3. The number of anilines is 1. The number of hydrogen-bond acceptors (Lipinski definition) is 4. The molecule has 0 aliphatic rings. The Morgan fingerprint density at radius 1 is 1.04 bits per heavy atom. The van der Waals surface area contributed by atoms with Gasteiger partial charge in [0.15, 0.2) is 5.11 Å². The van der Waals surface area contributed by atoms with Crippen molar-refractivity contribution in [1.82, 2.24) is 9.99 Å². The highest BCUT2D eigenvalue weighted by atomic mass is 32.1. The Morgan fingerprint density at radius 2 is 1.78 bits per heavy atom. The number of hydrogen-bond donors (Lipinski definition) is 2. The van der Waals surface area contributed by atoms with Crippen molar-refractivity contribution in [2.45, 2.75) is 0 Å². The molecule has 6 heteroatoms. The summed E-state index contributed by atoms with van der Waals surface area (Å²) in [5, 5.41) is 6.08. The Morgan fingerprint density at radius 3 is 2.57 bits per heavy atom. The Labute approximate surface area is 138 Å². The topological polar surface area (TPSA) is 71.2 Å². The molecule has 3 N–H and O–H groups in total. The van der Waals surface area contributed by atoms with Crippen molar-refractivity contribution >= 4 is 39.7 Å².